The normalized spacial score (nSPS) is 10.6. The van der Waals surface area contributed by atoms with Crippen molar-refractivity contribution >= 4 is 16.5 Å². The Labute approximate surface area is 130 Å². The molecule has 4 nitrogen and oxygen atoms in total. The lowest BCUT2D eigenvalue weighted by Gasteiger charge is -2.05. The zero-order valence-electron chi connectivity index (χ0n) is 12.8. The lowest BCUT2D eigenvalue weighted by atomic mass is 10.1. The van der Waals surface area contributed by atoms with Crippen LogP contribution >= 0.6 is 11.3 Å². The molecule has 0 amide bonds. The topological polar surface area (TPSA) is 47.0 Å². The van der Waals surface area contributed by atoms with Crippen molar-refractivity contribution in [3.63, 3.8) is 0 Å². The molecule has 1 aromatic heterocycles. The number of aromatic nitrogens is 2. The van der Waals surface area contributed by atoms with Crippen molar-refractivity contribution in [2.75, 3.05) is 11.9 Å². The fraction of sp³-hybridized carbons (Fsp3) is 0.500. The number of rotatable bonds is 9. The third-order valence-corrected chi connectivity index (χ3v) is 3.95. The van der Waals surface area contributed by atoms with Crippen molar-refractivity contribution in [3.05, 3.63) is 34.8 Å². The largest absolute Gasteiger partial charge is 0.486 e. The summed E-state index contributed by atoms with van der Waals surface area (Å²) in [6, 6.07) is 8.34. The molecule has 0 atom stereocenters. The van der Waals surface area contributed by atoms with Crippen LogP contribution < -0.4 is 10.1 Å². The Balaban J connectivity index is 1.80. The third-order valence-electron chi connectivity index (χ3n) is 3.10. The predicted molar refractivity (Wildman–Crippen MR) is 88.1 cm³/mol. The van der Waals surface area contributed by atoms with Gasteiger partial charge in [0, 0.05) is 6.54 Å². The van der Waals surface area contributed by atoms with Gasteiger partial charge < -0.3 is 10.1 Å². The van der Waals surface area contributed by atoms with E-state index >= 15 is 0 Å². The number of unbranched alkanes of at least 4 members (excludes halogenated alkanes) is 1. The highest BCUT2D eigenvalue weighted by atomic mass is 32.1. The third kappa shape index (κ3) is 5.34. The molecule has 1 aromatic carbocycles. The highest BCUT2D eigenvalue weighted by molar-refractivity contribution is 7.15. The second kappa shape index (κ2) is 8.62. The fourth-order valence-corrected chi connectivity index (χ4v) is 2.57. The molecule has 5 heteroatoms. The highest BCUT2D eigenvalue weighted by Crippen LogP contribution is 2.19. The molecule has 0 radical (unpaired) electrons. The van der Waals surface area contributed by atoms with Gasteiger partial charge in [-0.1, -0.05) is 43.7 Å². The summed E-state index contributed by atoms with van der Waals surface area (Å²) >= 11 is 1.55. The Bertz CT molecular complexity index is 525. The van der Waals surface area contributed by atoms with Gasteiger partial charge in [-0.15, -0.1) is 10.2 Å². The molecule has 0 aliphatic heterocycles. The van der Waals surface area contributed by atoms with E-state index in [0.717, 1.165) is 35.3 Å². The van der Waals surface area contributed by atoms with Crippen molar-refractivity contribution < 1.29 is 4.74 Å². The van der Waals surface area contributed by atoms with Gasteiger partial charge in [-0.2, -0.15) is 0 Å². The number of benzene rings is 1. The monoisotopic (exact) mass is 305 g/mol. The molecule has 0 bridgehead atoms. The van der Waals surface area contributed by atoms with Crippen LogP contribution in [-0.4, -0.2) is 16.7 Å². The number of nitrogens with one attached hydrogen (secondary N) is 1. The minimum Gasteiger partial charge on any atom is -0.486 e. The first-order valence-corrected chi connectivity index (χ1v) is 8.41. The van der Waals surface area contributed by atoms with E-state index in [2.05, 4.69) is 41.5 Å². The van der Waals surface area contributed by atoms with Crippen LogP contribution in [0.3, 0.4) is 0 Å². The van der Waals surface area contributed by atoms with Gasteiger partial charge in [-0.3, -0.25) is 0 Å². The van der Waals surface area contributed by atoms with Crippen molar-refractivity contribution in [3.8, 4) is 5.75 Å². The molecular formula is C16H23N3OS. The molecule has 0 aliphatic rings. The van der Waals surface area contributed by atoms with Gasteiger partial charge in [0.2, 0.25) is 5.13 Å². The molecule has 0 saturated heterocycles. The van der Waals surface area contributed by atoms with E-state index in [1.165, 1.54) is 18.4 Å². The molecule has 2 aromatic rings. The van der Waals surface area contributed by atoms with Gasteiger partial charge in [-0.05, 0) is 37.0 Å². The number of hydrogen-bond acceptors (Lipinski definition) is 5. The number of hydrogen-bond donors (Lipinski definition) is 1. The van der Waals surface area contributed by atoms with Crippen molar-refractivity contribution in [1.29, 1.82) is 0 Å². The van der Waals surface area contributed by atoms with E-state index in [4.69, 9.17) is 4.74 Å². The van der Waals surface area contributed by atoms with Crippen LogP contribution in [0, 0.1) is 0 Å². The van der Waals surface area contributed by atoms with E-state index in [-0.39, 0.29) is 0 Å². The molecule has 0 spiro atoms. The maximum atomic E-state index is 5.75. The highest BCUT2D eigenvalue weighted by Gasteiger charge is 2.04. The van der Waals surface area contributed by atoms with Gasteiger partial charge >= 0.3 is 0 Å². The number of aryl methyl sites for hydroxylation is 1. The zero-order valence-corrected chi connectivity index (χ0v) is 13.6. The molecule has 0 saturated carbocycles. The van der Waals surface area contributed by atoms with Crippen molar-refractivity contribution in [2.45, 2.75) is 46.1 Å². The molecule has 2 rings (SSSR count). The number of nitrogens with zero attached hydrogens (tertiary/aromatic N) is 2. The van der Waals surface area contributed by atoms with Crippen LogP contribution in [0.15, 0.2) is 24.3 Å². The lowest BCUT2D eigenvalue weighted by Crippen LogP contribution is -1.98. The van der Waals surface area contributed by atoms with Crippen LogP contribution in [0.25, 0.3) is 0 Å². The van der Waals surface area contributed by atoms with Crippen LogP contribution in [0.4, 0.5) is 5.13 Å². The molecule has 0 aliphatic carbocycles. The predicted octanol–water partition coefficient (Wildman–Crippen LogP) is 4.28. The maximum absolute atomic E-state index is 5.75. The first-order chi connectivity index (χ1) is 10.3. The summed E-state index contributed by atoms with van der Waals surface area (Å²) in [7, 11) is 0. The van der Waals surface area contributed by atoms with Gasteiger partial charge in [0.1, 0.15) is 12.4 Å². The van der Waals surface area contributed by atoms with Crippen LogP contribution in [0.1, 0.15) is 43.7 Å². The smallest absolute Gasteiger partial charge is 0.205 e. The van der Waals surface area contributed by atoms with Crippen molar-refractivity contribution in [2.24, 2.45) is 0 Å². The summed E-state index contributed by atoms with van der Waals surface area (Å²) in [6.07, 6.45) is 4.68. The van der Waals surface area contributed by atoms with E-state index in [0.29, 0.717) is 6.61 Å². The van der Waals surface area contributed by atoms with E-state index in [9.17, 15) is 0 Å². The van der Waals surface area contributed by atoms with Crippen LogP contribution in [0.2, 0.25) is 0 Å². The van der Waals surface area contributed by atoms with Gasteiger partial charge in [-0.25, -0.2) is 0 Å². The molecule has 0 unspecified atom stereocenters. The Morgan fingerprint density at radius 2 is 1.90 bits per heavy atom. The first kappa shape index (κ1) is 15.8. The van der Waals surface area contributed by atoms with Crippen molar-refractivity contribution in [1.82, 2.24) is 10.2 Å². The SMILES string of the molecule is CCCCc1ccc(OCc2nnc(NCCC)s2)cc1. The van der Waals surface area contributed by atoms with E-state index < -0.39 is 0 Å². The second-order valence-corrected chi connectivity index (χ2v) is 6.03. The quantitative estimate of drug-likeness (QED) is 0.751. The molecule has 1 N–H and O–H groups in total. The van der Waals surface area contributed by atoms with E-state index in [1.54, 1.807) is 11.3 Å². The summed E-state index contributed by atoms with van der Waals surface area (Å²) in [6.45, 7) is 5.74. The fourth-order valence-electron chi connectivity index (χ4n) is 1.89. The molecular weight excluding hydrogens is 282 g/mol. The average Bonchev–Trinajstić information content (AvgIpc) is 2.98. The van der Waals surface area contributed by atoms with Crippen LogP contribution in [0.5, 0.6) is 5.75 Å². The second-order valence-electron chi connectivity index (χ2n) is 4.96. The Morgan fingerprint density at radius 3 is 2.62 bits per heavy atom. The summed E-state index contributed by atoms with van der Waals surface area (Å²) in [5, 5.41) is 13.2. The lowest BCUT2D eigenvalue weighted by molar-refractivity contribution is 0.304. The zero-order chi connectivity index (χ0) is 14.9. The Kier molecular flexibility index (Phi) is 6.47. The summed E-state index contributed by atoms with van der Waals surface area (Å²) in [5.74, 6) is 0.883. The minimum atomic E-state index is 0.472. The standard InChI is InChI=1S/C16H23N3OS/c1-3-5-6-13-7-9-14(10-8-13)20-12-15-18-19-16(21-15)17-11-4-2/h7-10H,3-6,11-12H2,1-2H3,(H,17,19). The summed E-state index contributed by atoms with van der Waals surface area (Å²) in [4.78, 5) is 0. The number of anilines is 1. The molecule has 0 fully saturated rings. The van der Waals surface area contributed by atoms with Crippen LogP contribution in [-0.2, 0) is 13.0 Å². The molecule has 21 heavy (non-hydrogen) atoms. The first-order valence-electron chi connectivity index (χ1n) is 7.59. The maximum Gasteiger partial charge on any atom is 0.205 e. The average molecular weight is 305 g/mol. The Hall–Kier alpha value is -1.62. The summed E-state index contributed by atoms with van der Waals surface area (Å²) in [5.41, 5.74) is 1.37. The van der Waals surface area contributed by atoms with Gasteiger partial charge in [0.25, 0.3) is 0 Å². The van der Waals surface area contributed by atoms with E-state index in [1.807, 2.05) is 12.1 Å². The Morgan fingerprint density at radius 1 is 1.10 bits per heavy atom. The molecule has 114 valence electrons. The molecule has 1 heterocycles. The minimum absolute atomic E-state index is 0.472. The number of ether oxygens (including phenoxy) is 1. The van der Waals surface area contributed by atoms with Gasteiger partial charge in [0.05, 0.1) is 0 Å². The van der Waals surface area contributed by atoms with Gasteiger partial charge in [0.15, 0.2) is 5.01 Å². The summed E-state index contributed by atoms with van der Waals surface area (Å²) < 4.78 is 5.75.